The van der Waals surface area contributed by atoms with Crippen LogP contribution in [0.2, 0.25) is 0 Å². The van der Waals surface area contributed by atoms with Crippen molar-refractivity contribution in [1.29, 1.82) is 0 Å². The molecular formula is C29H50N4. The Morgan fingerprint density at radius 1 is 0.364 bits per heavy atom. The van der Waals surface area contributed by atoms with Crippen molar-refractivity contribution in [2.75, 3.05) is 0 Å². The molecule has 0 aliphatic heterocycles. The molecule has 2 rings (SSSR count). The Morgan fingerprint density at radius 3 is 1.03 bits per heavy atom. The van der Waals surface area contributed by atoms with E-state index in [1.165, 1.54) is 77.0 Å². The summed E-state index contributed by atoms with van der Waals surface area (Å²) < 4.78 is 0. The highest BCUT2D eigenvalue weighted by Gasteiger charge is 1.99. The van der Waals surface area contributed by atoms with Gasteiger partial charge in [-0.25, -0.2) is 0 Å². The van der Waals surface area contributed by atoms with Crippen LogP contribution in [0.25, 0.3) is 0 Å². The molecule has 0 saturated carbocycles. The Balaban J connectivity index is 0.000000331. The fraction of sp³-hybridized carbons (Fsp3) is 0.724. The van der Waals surface area contributed by atoms with Crippen LogP contribution < -0.4 is 0 Å². The molecule has 0 aliphatic carbocycles. The highest BCUT2D eigenvalue weighted by molar-refractivity contribution is 5.07. The fourth-order valence-corrected chi connectivity index (χ4v) is 3.74. The van der Waals surface area contributed by atoms with Crippen LogP contribution in [0.5, 0.6) is 0 Å². The molecular weight excluding hydrogens is 404 g/mol. The zero-order chi connectivity index (χ0) is 24.0. The second kappa shape index (κ2) is 20.7. The number of hydrogen-bond donors (Lipinski definition) is 0. The van der Waals surface area contributed by atoms with Crippen molar-refractivity contribution in [2.45, 2.75) is 137 Å². The van der Waals surface area contributed by atoms with Crippen LogP contribution in [0.4, 0.5) is 0 Å². The van der Waals surface area contributed by atoms with Gasteiger partial charge in [-0.3, -0.25) is 0 Å². The van der Waals surface area contributed by atoms with E-state index < -0.39 is 0 Å². The van der Waals surface area contributed by atoms with Gasteiger partial charge in [0.2, 0.25) is 0 Å². The minimum atomic E-state index is 1.05. The third-order valence-electron chi connectivity index (χ3n) is 5.92. The minimum Gasteiger partial charge on any atom is -0.155 e. The summed E-state index contributed by atoms with van der Waals surface area (Å²) in [7, 11) is 0. The quantitative estimate of drug-likeness (QED) is 0.226. The molecule has 0 atom stereocenters. The van der Waals surface area contributed by atoms with Gasteiger partial charge in [0.15, 0.2) is 0 Å². The van der Waals surface area contributed by atoms with Crippen LogP contribution in [0.1, 0.15) is 134 Å². The highest BCUT2D eigenvalue weighted by atomic mass is 15.1. The van der Waals surface area contributed by atoms with Crippen LogP contribution >= 0.6 is 0 Å². The predicted octanol–water partition coefficient (Wildman–Crippen LogP) is 8.27. The number of unbranched alkanes of at least 4 members (excludes halogenated alkanes) is 9. The largest absolute Gasteiger partial charge is 0.155 e. The molecule has 4 heteroatoms. The van der Waals surface area contributed by atoms with E-state index in [0.29, 0.717) is 0 Å². The minimum absolute atomic E-state index is 1.05. The molecule has 2 aromatic heterocycles. The van der Waals surface area contributed by atoms with Gasteiger partial charge in [-0.2, -0.15) is 20.4 Å². The number of aromatic nitrogens is 4. The molecule has 0 fully saturated rings. The van der Waals surface area contributed by atoms with Gasteiger partial charge in [-0.1, -0.05) is 91.9 Å². The lowest BCUT2D eigenvalue weighted by Crippen LogP contribution is -1.97. The van der Waals surface area contributed by atoms with Gasteiger partial charge < -0.3 is 0 Å². The maximum atomic E-state index is 4.30. The zero-order valence-corrected chi connectivity index (χ0v) is 22.1. The predicted molar refractivity (Wildman–Crippen MR) is 142 cm³/mol. The number of aryl methyl sites for hydroxylation is 4. The van der Waals surface area contributed by atoms with Crippen molar-refractivity contribution in [3.05, 3.63) is 47.0 Å². The van der Waals surface area contributed by atoms with Crippen LogP contribution in [0.15, 0.2) is 24.3 Å². The Kier molecular flexibility index (Phi) is 18.4. The standard InChI is InChI=1S/C15H26N2.C14H24N2/c1-3-5-7-8-9-11-15-13-12-14(16-17-15)10-6-4-2;1-3-5-6-7-8-10-14-12-11-13(9-4-2)15-16-14/h12-13H,3-11H2,1-2H3;11-12H,3-10H2,1-2H3. The summed E-state index contributed by atoms with van der Waals surface area (Å²) in [6.07, 6.45) is 21.1. The van der Waals surface area contributed by atoms with Crippen LogP contribution in [0, 0.1) is 0 Å². The number of rotatable bonds is 17. The van der Waals surface area contributed by atoms with Gasteiger partial charge >= 0.3 is 0 Å². The van der Waals surface area contributed by atoms with E-state index >= 15 is 0 Å². The summed E-state index contributed by atoms with van der Waals surface area (Å²) in [5.41, 5.74) is 4.57. The van der Waals surface area contributed by atoms with Crippen molar-refractivity contribution in [1.82, 2.24) is 20.4 Å². The first-order valence-electron chi connectivity index (χ1n) is 13.9. The number of nitrogens with zero attached hydrogens (tertiary/aromatic N) is 4. The summed E-state index contributed by atoms with van der Waals surface area (Å²) in [5, 5.41) is 17.1. The molecule has 0 bridgehead atoms. The first kappa shape index (κ1) is 29.2. The molecule has 0 amide bonds. The smallest absolute Gasteiger partial charge is 0.0631 e. The lowest BCUT2D eigenvalue weighted by molar-refractivity contribution is 0.624. The van der Waals surface area contributed by atoms with Crippen molar-refractivity contribution < 1.29 is 0 Å². The second-order valence-corrected chi connectivity index (χ2v) is 9.21. The molecule has 0 spiro atoms. The monoisotopic (exact) mass is 454 g/mol. The molecule has 2 aromatic rings. The van der Waals surface area contributed by atoms with Gasteiger partial charge in [0.25, 0.3) is 0 Å². The van der Waals surface area contributed by atoms with Gasteiger partial charge in [-0.05, 0) is 69.2 Å². The molecule has 4 nitrogen and oxygen atoms in total. The molecule has 186 valence electrons. The first-order valence-corrected chi connectivity index (χ1v) is 13.9. The third-order valence-corrected chi connectivity index (χ3v) is 5.92. The average molecular weight is 455 g/mol. The Hall–Kier alpha value is -1.84. The molecule has 0 radical (unpaired) electrons. The van der Waals surface area contributed by atoms with Gasteiger partial charge in [0.1, 0.15) is 0 Å². The maximum absolute atomic E-state index is 4.30. The SMILES string of the molecule is CCCCCCCc1ccc(CCC)nn1.CCCCCCCc1ccc(CCCC)nn1. The van der Waals surface area contributed by atoms with E-state index in [1.807, 2.05) is 0 Å². The van der Waals surface area contributed by atoms with Crippen molar-refractivity contribution in [2.24, 2.45) is 0 Å². The van der Waals surface area contributed by atoms with E-state index in [-0.39, 0.29) is 0 Å². The van der Waals surface area contributed by atoms with Crippen LogP contribution in [-0.2, 0) is 25.7 Å². The van der Waals surface area contributed by atoms with E-state index in [9.17, 15) is 0 Å². The Bertz CT molecular complexity index is 667. The Labute approximate surface area is 204 Å². The van der Waals surface area contributed by atoms with Crippen LogP contribution in [0.3, 0.4) is 0 Å². The van der Waals surface area contributed by atoms with E-state index in [4.69, 9.17) is 0 Å². The first-order chi connectivity index (χ1) is 16.2. The summed E-state index contributed by atoms with van der Waals surface area (Å²) in [6.45, 7) is 8.87. The molecule has 33 heavy (non-hydrogen) atoms. The topological polar surface area (TPSA) is 51.6 Å². The van der Waals surface area contributed by atoms with E-state index in [0.717, 1.165) is 54.9 Å². The molecule has 0 unspecified atom stereocenters. The third kappa shape index (κ3) is 15.6. The second-order valence-electron chi connectivity index (χ2n) is 9.21. The molecule has 0 aromatic carbocycles. The molecule has 0 N–H and O–H groups in total. The van der Waals surface area contributed by atoms with Gasteiger partial charge in [0, 0.05) is 0 Å². The van der Waals surface area contributed by atoms with Crippen molar-refractivity contribution in [3.63, 3.8) is 0 Å². The van der Waals surface area contributed by atoms with Gasteiger partial charge in [-0.15, -0.1) is 0 Å². The lowest BCUT2D eigenvalue weighted by atomic mass is 10.1. The summed E-state index contributed by atoms with van der Waals surface area (Å²) in [4.78, 5) is 0. The molecule has 0 aliphatic rings. The van der Waals surface area contributed by atoms with E-state index in [1.54, 1.807) is 0 Å². The summed E-state index contributed by atoms with van der Waals surface area (Å²) >= 11 is 0. The maximum Gasteiger partial charge on any atom is 0.0631 e. The fourth-order valence-electron chi connectivity index (χ4n) is 3.74. The van der Waals surface area contributed by atoms with Crippen molar-refractivity contribution in [3.8, 4) is 0 Å². The Morgan fingerprint density at radius 2 is 0.697 bits per heavy atom. The van der Waals surface area contributed by atoms with Crippen molar-refractivity contribution >= 4 is 0 Å². The highest BCUT2D eigenvalue weighted by Crippen LogP contribution is 2.09. The summed E-state index contributed by atoms with van der Waals surface area (Å²) in [5.74, 6) is 0. The lowest BCUT2D eigenvalue weighted by Gasteiger charge is -2.02. The normalized spacial score (nSPS) is 10.7. The van der Waals surface area contributed by atoms with Gasteiger partial charge in [0.05, 0.1) is 22.8 Å². The summed E-state index contributed by atoms with van der Waals surface area (Å²) in [6, 6.07) is 8.55. The zero-order valence-electron chi connectivity index (χ0n) is 22.1. The number of hydrogen-bond acceptors (Lipinski definition) is 4. The molecule has 2 heterocycles. The molecule has 0 saturated heterocycles. The van der Waals surface area contributed by atoms with E-state index in [2.05, 4.69) is 72.4 Å². The average Bonchev–Trinajstić information content (AvgIpc) is 2.85. The van der Waals surface area contributed by atoms with Crippen LogP contribution in [-0.4, -0.2) is 20.4 Å².